The van der Waals surface area contributed by atoms with Gasteiger partial charge in [0.1, 0.15) is 6.04 Å². The molecule has 1 rings (SSSR count). The lowest BCUT2D eigenvalue weighted by molar-refractivity contribution is -0.138. The number of rotatable bonds is 6. The van der Waals surface area contributed by atoms with Gasteiger partial charge in [-0.05, 0) is 12.3 Å². The van der Waals surface area contributed by atoms with Crippen molar-refractivity contribution in [2.45, 2.75) is 26.3 Å². The Morgan fingerprint density at radius 1 is 1.69 bits per heavy atom. The summed E-state index contributed by atoms with van der Waals surface area (Å²) in [5, 5.41) is 4.46. The number of nitrogens with one attached hydrogen (secondary N) is 1. The number of thiazole rings is 1. The van der Waals surface area contributed by atoms with Crippen LogP contribution in [0.2, 0.25) is 0 Å². The molecule has 0 saturated heterocycles. The predicted octanol–water partition coefficient (Wildman–Crippen LogP) is 1.21. The van der Waals surface area contributed by atoms with Crippen molar-refractivity contribution >= 4 is 23.7 Å². The second-order valence-corrected chi connectivity index (χ2v) is 4.54. The third-order valence-electron chi connectivity index (χ3n) is 1.86. The first-order valence-electron chi connectivity index (χ1n) is 4.94. The number of carbonyl (C=O) groups excluding carboxylic acids is 2. The van der Waals surface area contributed by atoms with Crippen molar-refractivity contribution in [1.82, 2.24) is 10.3 Å². The zero-order chi connectivity index (χ0) is 12.0. The third-order valence-corrected chi connectivity index (χ3v) is 2.51. The lowest BCUT2D eigenvalue weighted by Crippen LogP contribution is -2.39. The van der Waals surface area contributed by atoms with E-state index in [9.17, 15) is 9.59 Å². The molecule has 0 bridgehead atoms. The molecule has 1 heterocycles. The summed E-state index contributed by atoms with van der Waals surface area (Å²) in [5.74, 6) is -0.183. The minimum atomic E-state index is -0.610. The van der Waals surface area contributed by atoms with E-state index in [1.165, 1.54) is 11.3 Å². The van der Waals surface area contributed by atoms with E-state index in [-0.39, 0.29) is 0 Å². The van der Waals surface area contributed by atoms with Gasteiger partial charge in [0.2, 0.25) is 6.41 Å². The van der Waals surface area contributed by atoms with Gasteiger partial charge in [-0.25, -0.2) is 9.78 Å². The van der Waals surface area contributed by atoms with Gasteiger partial charge in [-0.3, -0.25) is 4.79 Å². The molecule has 5 nitrogen and oxygen atoms in total. The number of esters is 1. The number of aromatic nitrogens is 1. The lowest BCUT2D eigenvalue weighted by Gasteiger charge is -2.15. The van der Waals surface area contributed by atoms with Gasteiger partial charge in [0.15, 0.2) is 0 Å². The first-order chi connectivity index (χ1) is 7.63. The second kappa shape index (κ2) is 6.22. The van der Waals surface area contributed by atoms with Gasteiger partial charge in [0, 0.05) is 11.6 Å². The van der Waals surface area contributed by atoms with E-state index in [2.05, 4.69) is 10.3 Å². The van der Waals surface area contributed by atoms with E-state index in [4.69, 9.17) is 4.74 Å². The molecule has 0 radical (unpaired) electrons. The van der Waals surface area contributed by atoms with Crippen molar-refractivity contribution in [3.05, 3.63) is 11.6 Å². The number of ether oxygens (including phenoxy) is 1. The van der Waals surface area contributed by atoms with Crippen LogP contribution in [0.4, 0.5) is 0 Å². The van der Waals surface area contributed by atoms with E-state index in [0.717, 1.165) is 0 Å². The summed E-state index contributed by atoms with van der Waals surface area (Å²) < 4.78 is 5.02. The Balaban J connectivity index is 2.56. The molecule has 0 unspecified atom stereocenters. The number of carbonyl (C=O) groups is 2. The van der Waals surface area contributed by atoms with Crippen LogP contribution in [0, 0.1) is 5.92 Å². The smallest absolute Gasteiger partial charge is 0.335 e. The highest BCUT2D eigenvalue weighted by Gasteiger charge is 2.21. The van der Waals surface area contributed by atoms with E-state index in [1.807, 2.05) is 13.8 Å². The first-order valence-corrected chi connectivity index (χ1v) is 5.82. The second-order valence-electron chi connectivity index (χ2n) is 3.69. The van der Waals surface area contributed by atoms with E-state index >= 15 is 0 Å². The Hall–Kier alpha value is -1.43. The highest BCUT2D eigenvalue weighted by Crippen LogP contribution is 2.15. The van der Waals surface area contributed by atoms with Crippen LogP contribution in [0.5, 0.6) is 5.19 Å². The van der Waals surface area contributed by atoms with Gasteiger partial charge in [-0.15, -0.1) is 0 Å². The van der Waals surface area contributed by atoms with Crippen LogP contribution in [0.25, 0.3) is 0 Å². The Bertz CT molecular complexity index is 338. The highest BCUT2D eigenvalue weighted by atomic mass is 32.1. The Labute approximate surface area is 97.8 Å². The van der Waals surface area contributed by atoms with Crippen LogP contribution in [0.1, 0.15) is 20.3 Å². The van der Waals surface area contributed by atoms with Crippen LogP contribution >= 0.6 is 11.3 Å². The van der Waals surface area contributed by atoms with E-state index in [1.54, 1.807) is 11.6 Å². The highest BCUT2D eigenvalue weighted by molar-refractivity contribution is 7.11. The maximum Gasteiger partial charge on any atom is 0.335 e. The number of nitrogens with zero attached hydrogens (tertiary/aromatic N) is 1. The molecule has 0 aliphatic rings. The molecule has 6 heteroatoms. The Morgan fingerprint density at radius 2 is 2.44 bits per heavy atom. The molecule has 16 heavy (non-hydrogen) atoms. The van der Waals surface area contributed by atoms with Crippen LogP contribution < -0.4 is 10.1 Å². The van der Waals surface area contributed by atoms with Crippen molar-refractivity contribution in [1.29, 1.82) is 0 Å². The first kappa shape index (κ1) is 12.6. The largest absolute Gasteiger partial charge is 0.396 e. The summed E-state index contributed by atoms with van der Waals surface area (Å²) in [4.78, 5) is 25.9. The summed E-state index contributed by atoms with van der Waals surface area (Å²) in [5.41, 5.74) is 0. The normalized spacial score (nSPS) is 12.2. The number of amides is 1. The van der Waals surface area contributed by atoms with Crippen molar-refractivity contribution in [2.24, 2.45) is 5.92 Å². The fraction of sp³-hybridized carbons (Fsp3) is 0.500. The Morgan fingerprint density at radius 3 is 2.94 bits per heavy atom. The van der Waals surface area contributed by atoms with Gasteiger partial charge in [-0.1, -0.05) is 25.2 Å². The summed E-state index contributed by atoms with van der Waals surface area (Å²) >= 11 is 1.24. The Kier molecular flexibility index (Phi) is 4.91. The quantitative estimate of drug-likeness (QED) is 0.601. The molecule has 0 aliphatic heterocycles. The van der Waals surface area contributed by atoms with Gasteiger partial charge in [0.25, 0.3) is 5.19 Å². The van der Waals surface area contributed by atoms with Gasteiger partial charge in [0.05, 0.1) is 0 Å². The molecule has 0 aromatic carbocycles. The third kappa shape index (κ3) is 3.98. The topological polar surface area (TPSA) is 68.3 Å². The monoisotopic (exact) mass is 242 g/mol. The molecule has 1 aromatic heterocycles. The zero-order valence-electron chi connectivity index (χ0n) is 9.17. The van der Waals surface area contributed by atoms with Crippen molar-refractivity contribution in [3.63, 3.8) is 0 Å². The molecular formula is C10H14N2O3S. The van der Waals surface area contributed by atoms with Crippen LogP contribution in [0.15, 0.2) is 11.6 Å². The summed E-state index contributed by atoms with van der Waals surface area (Å²) in [6, 6.07) is -0.610. The SMILES string of the molecule is CC(C)C[C@H](NC=O)C(=O)Oc1nccs1. The van der Waals surface area contributed by atoms with Crippen LogP contribution in [-0.4, -0.2) is 23.4 Å². The van der Waals surface area contributed by atoms with E-state index in [0.29, 0.717) is 23.9 Å². The maximum absolute atomic E-state index is 11.7. The average Bonchev–Trinajstić information content (AvgIpc) is 2.69. The van der Waals surface area contributed by atoms with Crippen molar-refractivity contribution in [3.8, 4) is 5.19 Å². The minimum Gasteiger partial charge on any atom is -0.396 e. The standard InChI is InChI=1S/C10H14N2O3S/c1-7(2)5-8(12-6-13)9(14)15-10-11-3-4-16-10/h3-4,6-8H,5H2,1-2H3,(H,12,13)/t8-/m0/s1. The molecule has 88 valence electrons. The molecule has 1 amide bonds. The molecule has 0 saturated carbocycles. The predicted molar refractivity (Wildman–Crippen MR) is 60.2 cm³/mol. The molecule has 0 aliphatic carbocycles. The van der Waals surface area contributed by atoms with Crippen LogP contribution in [-0.2, 0) is 9.59 Å². The van der Waals surface area contributed by atoms with Gasteiger partial charge in [-0.2, -0.15) is 0 Å². The number of hydrogen-bond acceptors (Lipinski definition) is 5. The molecule has 0 fully saturated rings. The summed E-state index contributed by atoms with van der Waals surface area (Å²) in [6.45, 7) is 3.94. The lowest BCUT2D eigenvalue weighted by atomic mass is 10.0. The average molecular weight is 242 g/mol. The minimum absolute atomic E-state index is 0.293. The maximum atomic E-state index is 11.7. The molecule has 1 N–H and O–H groups in total. The molecule has 1 atom stereocenters. The van der Waals surface area contributed by atoms with Crippen molar-refractivity contribution in [2.75, 3.05) is 0 Å². The number of hydrogen-bond donors (Lipinski definition) is 1. The van der Waals surface area contributed by atoms with Gasteiger partial charge >= 0.3 is 5.97 Å². The zero-order valence-corrected chi connectivity index (χ0v) is 9.99. The molecule has 1 aromatic rings. The van der Waals surface area contributed by atoms with Gasteiger partial charge < -0.3 is 10.1 Å². The van der Waals surface area contributed by atoms with Crippen molar-refractivity contribution < 1.29 is 14.3 Å². The van der Waals surface area contributed by atoms with E-state index < -0.39 is 12.0 Å². The summed E-state index contributed by atoms with van der Waals surface area (Å²) in [6.07, 6.45) is 2.61. The summed E-state index contributed by atoms with van der Waals surface area (Å²) in [7, 11) is 0. The molecule has 0 spiro atoms. The van der Waals surface area contributed by atoms with Crippen LogP contribution in [0.3, 0.4) is 0 Å². The fourth-order valence-corrected chi connectivity index (χ4v) is 1.69. The molecular weight excluding hydrogens is 228 g/mol. The fourth-order valence-electron chi connectivity index (χ4n) is 1.20.